The van der Waals surface area contributed by atoms with Gasteiger partial charge in [0, 0.05) is 43.5 Å². The third kappa shape index (κ3) is 3.26. The molecule has 0 saturated carbocycles. The largest absolute Gasteiger partial charge is 0.336 e. The summed E-state index contributed by atoms with van der Waals surface area (Å²) in [5.74, 6) is 5.95. The SMILES string of the molecule is Cc1cc(C(=O)N2CCN(C(C)C)CC2)cc(NN)n1. The van der Waals surface area contributed by atoms with Crippen molar-refractivity contribution in [2.45, 2.75) is 26.8 Å². The highest BCUT2D eigenvalue weighted by Gasteiger charge is 2.23. The molecule has 1 aromatic rings. The molecule has 1 aliphatic heterocycles. The maximum absolute atomic E-state index is 12.5. The van der Waals surface area contributed by atoms with Crippen LogP contribution in [0.4, 0.5) is 5.82 Å². The van der Waals surface area contributed by atoms with Crippen LogP contribution >= 0.6 is 0 Å². The predicted molar refractivity (Wildman–Crippen MR) is 79.4 cm³/mol. The third-order valence-corrected chi connectivity index (χ3v) is 3.68. The molecule has 2 heterocycles. The van der Waals surface area contributed by atoms with Crippen LogP contribution in [0.25, 0.3) is 0 Å². The topological polar surface area (TPSA) is 74.5 Å². The second-order valence-electron chi connectivity index (χ2n) is 5.45. The number of nitrogens with two attached hydrogens (primary N) is 1. The molecule has 6 heteroatoms. The molecule has 0 atom stereocenters. The molecule has 2 rings (SSSR count). The number of nitrogen functional groups attached to an aromatic ring is 1. The Bertz CT molecular complexity index is 480. The van der Waals surface area contributed by atoms with Gasteiger partial charge in [-0.1, -0.05) is 0 Å². The number of carbonyl (C=O) groups is 1. The molecule has 0 aromatic carbocycles. The molecule has 0 bridgehead atoms. The highest BCUT2D eigenvalue weighted by molar-refractivity contribution is 5.95. The van der Waals surface area contributed by atoms with E-state index in [1.807, 2.05) is 11.8 Å². The molecule has 3 N–H and O–H groups in total. The molecular formula is C14H23N5O. The Morgan fingerprint density at radius 2 is 1.95 bits per heavy atom. The van der Waals surface area contributed by atoms with Crippen LogP contribution in [0.3, 0.4) is 0 Å². The summed E-state index contributed by atoms with van der Waals surface area (Å²) in [6.07, 6.45) is 0. The smallest absolute Gasteiger partial charge is 0.254 e. The highest BCUT2D eigenvalue weighted by atomic mass is 16.2. The van der Waals surface area contributed by atoms with Gasteiger partial charge in [0.1, 0.15) is 5.82 Å². The molecule has 6 nitrogen and oxygen atoms in total. The summed E-state index contributed by atoms with van der Waals surface area (Å²) in [7, 11) is 0. The summed E-state index contributed by atoms with van der Waals surface area (Å²) in [6.45, 7) is 9.61. The van der Waals surface area contributed by atoms with Crippen LogP contribution in [0.2, 0.25) is 0 Å². The molecule has 0 aliphatic carbocycles. The molecule has 1 amide bonds. The van der Waals surface area contributed by atoms with E-state index in [1.54, 1.807) is 12.1 Å². The first-order chi connectivity index (χ1) is 9.51. The summed E-state index contributed by atoms with van der Waals surface area (Å²) in [4.78, 5) is 21.0. The van der Waals surface area contributed by atoms with Crippen molar-refractivity contribution in [2.75, 3.05) is 31.6 Å². The van der Waals surface area contributed by atoms with E-state index in [0.29, 0.717) is 17.4 Å². The molecule has 1 fully saturated rings. The number of amides is 1. The second-order valence-corrected chi connectivity index (χ2v) is 5.45. The van der Waals surface area contributed by atoms with E-state index in [4.69, 9.17) is 5.84 Å². The van der Waals surface area contributed by atoms with E-state index in [0.717, 1.165) is 31.9 Å². The molecule has 110 valence electrons. The van der Waals surface area contributed by atoms with Gasteiger partial charge in [0.15, 0.2) is 0 Å². The van der Waals surface area contributed by atoms with Gasteiger partial charge in [-0.2, -0.15) is 0 Å². The zero-order valence-electron chi connectivity index (χ0n) is 12.4. The van der Waals surface area contributed by atoms with Crippen LogP contribution in [0.1, 0.15) is 29.9 Å². The molecule has 0 spiro atoms. The number of carbonyl (C=O) groups excluding carboxylic acids is 1. The van der Waals surface area contributed by atoms with Gasteiger partial charge in [0.2, 0.25) is 0 Å². The minimum atomic E-state index is 0.0513. The van der Waals surface area contributed by atoms with E-state index in [9.17, 15) is 4.79 Å². The van der Waals surface area contributed by atoms with E-state index in [-0.39, 0.29) is 5.91 Å². The van der Waals surface area contributed by atoms with Crippen molar-refractivity contribution in [3.05, 3.63) is 23.4 Å². The number of hydrogen-bond donors (Lipinski definition) is 2. The first kappa shape index (κ1) is 14.7. The molecule has 1 aromatic heterocycles. The molecular weight excluding hydrogens is 254 g/mol. The van der Waals surface area contributed by atoms with Crippen molar-refractivity contribution in [3.8, 4) is 0 Å². The highest BCUT2D eigenvalue weighted by Crippen LogP contribution is 2.14. The molecule has 1 aliphatic rings. The minimum Gasteiger partial charge on any atom is -0.336 e. The Kier molecular flexibility index (Phi) is 4.57. The fourth-order valence-electron chi connectivity index (χ4n) is 2.49. The Morgan fingerprint density at radius 1 is 1.30 bits per heavy atom. The summed E-state index contributed by atoms with van der Waals surface area (Å²) in [5, 5.41) is 0. The van der Waals surface area contributed by atoms with Crippen LogP contribution in [0.5, 0.6) is 0 Å². The van der Waals surface area contributed by atoms with Crippen LogP contribution in [0, 0.1) is 6.92 Å². The second kappa shape index (κ2) is 6.19. The van der Waals surface area contributed by atoms with Crippen molar-refractivity contribution in [1.82, 2.24) is 14.8 Å². The van der Waals surface area contributed by atoms with Crippen LogP contribution < -0.4 is 11.3 Å². The Hall–Kier alpha value is -1.66. The number of anilines is 1. The van der Waals surface area contributed by atoms with E-state index in [1.165, 1.54) is 0 Å². The first-order valence-electron chi connectivity index (χ1n) is 7.00. The monoisotopic (exact) mass is 277 g/mol. The van der Waals surface area contributed by atoms with Crippen LogP contribution in [0.15, 0.2) is 12.1 Å². The van der Waals surface area contributed by atoms with Gasteiger partial charge >= 0.3 is 0 Å². The normalized spacial score (nSPS) is 16.6. The van der Waals surface area contributed by atoms with Crippen LogP contribution in [-0.4, -0.2) is 52.9 Å². The third-order valence-electron chi connectivity index (χ3n) is 3.68. The van der Waals surface area contributed by atoms with Crippen molar-refractivity contribution in [3.63, 3.8) is 0 Å². The first-order valence-corrected chi connectivity index (χ1v) is 7.00. The zero-order chi connectivity index (χ0) is 14.7. The van der Waals surface area contributed by atoms with E-state index in [2.05, 4.69) is 29.2 Å². The van der Waals surface area contributed by atoms with Crippen LogP contribution in [-0.2, 0) is 0 Å². The lowest BCUT2D eigenvalue weighted by Gasteiger charge is -2.37. The lowest BCUT2D eigenvalue weighted by atomic mass is 10.1. The van der Waals surface area contributed by atoms with Gasteiger partial charge < -0.3 is 10.3 Å². The quantitative estimate of drug-likeness (QED) is 0.632. The van der Waals surface area contributed by atoms with E-state index >= 15 is 0 Å². The fraction of sp³-hybridized carbons (Fsp3) is 0.571. The Balaban J connectivity index is 2.07. The van der Waals surface area contributed by atoms with Crippen molar-refractivity contribution < 1.29 is 4.79 Å². The summed E-state index contributed by atoms with van der Waals surface area (Å²) >= 11 is 0. The number of aryl methyl sites for hydroxylation is 1. The number of hydrazine groups is 1. The van der Waals surface area contributed by atoms with Gasteiger partial charge in [-0.3, -0.25) is 9.69 Å². The Labute approximate surface area is 119 Å². The summed E-state index contributed by atoms with van der Waals surface area (Å²) in [6, 6.07) is 4.03. The number of nitrogens with zero attached hydrogens (tertiary/aromatic N) is 3. The average Bonchev–Trinajstić information content (AvgIpc) is 2.45. The maximum Gasteiger partial charge on any atom is 0.254 e. The number of hydrogen-bond acceptors (Lipinski definition) is 5. The number of aromatic nitrogens is 1. The number of rotatable bonds is 3. The fourth-order valence-corrected chi connectivity index (χ4v) is 2.49. The van der Waals surface area contributed by atoms with Gasteiger partial charge in [0.05, 0.1) is 0 Å². The molecule has 20 heavy (non-hydrogen) atoms. The average molecular weight is 277 g/mol. The van der Waals surface area contributed by atoms with Gasteiger partial charge in [-0.15, -0.1) is 0 Å². The molecule has 0 radical (unpaired) electrons. The number of pyridine rings is 1. The van der Waals surface area contributed by atoms with E-state index < -0.39 is 0 Å². The Morgan fingerprint density at radius 3 is 2.50 bits per heavy atom. The van der Waals surface area contributed by atoms with Crippen molar-refractivity contribution in [1.29, 1.82) is 0 Å². The maximum atomic E-state index is 12.5. The van der Waals surface area contributed by atoms with Gasteiger partial charge in [-0.05, 0) is 32.9 Å². The lowest BCUT2D eigenvalue weighted by Crippen LogP contribution is -2.50. The summed E-state index contributed by atoms with van der Waals surface area (Å²) in [5.41, 5.74) is 3.92. The van der Waals surface area contributed by atoms with Crippen molar-refractivity contribution in [2.24, 2.45) is 5.84 Å². The molecule has 0 unspecified atom stereocenters. The minimum absolute atomic E-state index is 0.0513. The van der Waals surface area contributed by atoms with Gasteiger partial charge in [0.25, 0.3) is 5.91 Å². The van der Waals surface area contributed by atoms with Crippen molar-refractivity contribution >= 4 is 11.7 Å². The lowest BCUT2D eigenvalue weighted by molar-refractivity contribution is 0.0595. The number of piperazine rings is 1. The number of nitrogens with one attached hydrogen (secondary N) is 1. The standard InChI is InChI=1S/C14H23N5O/c1-10(2)18-4-6-19(7-5-18)14(20)12-8-11(3)16-13(9-12)17-15/h8-10H,4-7,15H2,1-3H3,(H,16,17). The predicted octanol–water partition coefficient (Wildman–Crippen LogP) is 0.842. The van der Waals surface area contributed by atoms with Gasteiger partial charge in [-0.25, -0.2) is 10.8 Å². The molecule has 1 saturated heterocycles. The zero-order valence-corrected chi connectivity index (χ0v) is 12.4. The summed E-state index contributed by atoms with van der Waals surface area (Å²) < 4.78 is 0.